The van der Waals surface area contributed by atoms with Gasteiger partial charge in [0.2, 0.25) is 5.91 Å². The molecule has 0 unspecified atom stereocenters. The van der Waals surface area contributed by atoms with E-state index in [1.54, 1.807) is 29.7 Å². The maximum Gasteiger partial charge on any atom is 0.266 e. The third-order valence-corrected chi connectivity index (χ3v) is 5.59. The number of benzene rings is 2. The quantitative estimate of drug-likeness (QED) is 0.515. The van der Waals surface area contributed by atoms with Crippen molar-refractivity contribution in [1.29, 1.82) is 0 Å². The molecule has 3 rings (SSSR count). The molecule has 1 aromatic heterocycles. The smallest absolute Gasteiger partial charge is 0.266 e. The minimum atomic E-state index is -0.536. The van der Waals surface area contributed by atoms with E-state index in [-0.39, 0.29) is 11.5 Å². The summed E-state index contributed by atoms with van der Waals surface area (Å²) in [5, 5.41) is 0.836. The Morgan fingerprint density at radius 1 is 1.19 bits per heavy atom. The molecule has 27 heavy (non-hydrogen) atoms. The van der Waals surface area contributed by atoms with Crippen LogP contribution in [0, 0.1) is 0 Å². The molecule has 0 saturated carbocycles. The van der Waals surface area contributed by atoms with Crippen molar-refractivity contribution in [3.63, 3.8) is 0 Å². The summed E-state index contributed by atoms with van der Waals surface area (Å²) in [6, 6.07) is 12.7. The normalized spacial score (nSPS) is 12.5. The average molecular weight is 402 g/mol. The van der Waals surface area contributed by atoms with E-state index in [9.17, 15) is 9.59 Å². The molecule has 0 aliphatic heterocycles. The Morgan fingerprint density at radius 2 is 1.89 bits per heavy atom. The Bertz CT molecular complexity index is 1080. The highest BCUT2D eigenvalue weighted by Crippen LogP contribution is 2.29. The average Bonchev–Trinajstić information content (AvgIpc) is 2.61. The fraction of sp³-hybridized carbons (Fsp3) is 0.250. The lowest BCUT2D eigenvalue weighted by molar-refractivity contribution is -0.117. The highest BCUT2D eigenvalue weighted by molar-refractivity contribution is 8.00. The Kier molecular flexibility index (Phi) is 5.58. The molecule has 1 atom stereocenters. The summed E-state index contributed by atoms with van der Waals surface area (Å²) in [5.74, 6) is -0.260. The Morgan fingerprint density at radius 3 is 2.56 bits per heavy atom. The Labute approximate surface area is 166 Å². The maximum absolute atomic E-state index is 13.3. The summed E-state index contributed by atoms with van der Waals surface area (Å²) >= 11 is 7.24. The number of aromatic nitrogens is 2. The first kappa shape index (κ1) is 19.5. The number of carbonyl (C=O) groups is 1. The molecule has 0 aliphatic rings. The number of amides is 1. The lowest BCUT2D eigenvalue weighted by Crippen LogP contribution is -2.27. The third-order valence-electron chi connectivity index (χ3n) is 4.28. The van der Waals surface area contributed by atoms with Crippen LogP contribution in [0.4, 0.5) is 0 Å². The minimum Gasteiger partial charge on any atom is -0.369 e. The first-order chi connectivity index (χ1) is 12.8. The molecule has 0 spiro atoms. The van der Waals surface area contributed by atoms with E-state index >= 15 is 0 Å². The first-order valence-corrected chi connectivity index (χ1v) is 9.83. The summed E-state index contributed by atoms with van der Waals surface area (Å²) < 4.78 is 1.57. The van der Waals surface area contributed by atoms with Crippen LogP contribution in [0.1, 0.15) is 32.3 Å². The second-order valence-electron chi connectivity index (χ2n) is 6.57. The van der Waals surface area contributed by atoms with Gasteiger partial charge in [0.15, 0.2) is 5.16 Å². The van der Waals surface area contributed by atoms with Crippen LogP contribution in [0.2, 0.25) is 5.02 Å². The molecular formula is C20H20ClN3O2S. The molecule has 2 N–H and O–H groups in total. The number of halogens is 1. The van der Waals surface area contributed by atoms with Gasteiger partial charge < -0.3 is 5.73 Å². The lowest BCUT2D eigenvalue weighted by atomic mass is 10.0. The molecule has 0 radical (unpaired) electrons. The summed E-state index contributed by atoms with van der Waals surface area (Å²) in [5.41, 5.74) is 7.48. The number of thioether (sulfide) groups is 1. The number of rotatable bonds is 5. The molecule has 2 aromatic carbocycles. The first-order valence-electron chi connectivity index (χ1n) is 8.57. The van der Waals surface area contributed by atoms with Gasteiger partial charge in [-0.3, -0.25) is 14.2 Å². The van der Waals surface area contributed by atoms with E-state index < -0.39 is 11.2 Å². The van der Waals surface area contributed by atoms with Crippen molar-refractivity contribution in [2.24, 2.45) is 5.73 Å². The minimum absolute atomic E-state index is 0.205. The number of para-hydroxylation sites is 1. The van der Waals surface area contributed by atoms with Crippen molar-refractivity contribution in [2.75, 3.05) is 0 Å². The van der Waals surface area contributed by atoms with Crippen molar-refractivity contribution in [3.8, 4) is 5.69 Å². The van der Waals surface area contributed by atoms with Crippen LogP contribution in [0.3, 0.4) is 0 Å². The fourth-order valence-corrected chi connectivity index (χ4v) is 3.86. The highest BCUT2D eigenvalue weighted by Gasteiger charge is 2.20. The number of fused-ring (bicyclic) bond motifs is 1. The van der Waals surface area contributed by atoms with Crippen molar-refractivity contribution >= 4 is 40.2 Å². The second kappa shape index (κ2) is 7.74. The van der Waals surface area contributed by atoms with Crippen molar-refractivity contribution in [3.05, 3.63) is 63.4 Å². The van der Waals surface area contributed by atoms with Gasteiger partial charge in [-0.05, 0) is 42.7 Å². The van der Waals surface area contributed by atoms with Crippen molar-refractivity contribution in [1.82, 2.24) is 9.55 Å². The predicted molar refractivity (Wildman–Crippen MR) is 111 cm³/mol. The number of carbonyl (C=O) groups excluding carboxylic acids is 1. The zero-order valence-corrected chi connectivity index (χ0v) is 16.8. The number of hydrogen-bond donors (Lipinski definition) is 1. The maximum atomic E-state index is 13.3. The largest absolute Gasteiger partial charge is 0.369 e. The van der Waals surface area contributed by atoms with Crippen LogP contribution < -0.4 is 11.3 Å². The molecule has 3 aromatic rings. The van der Waals surface area contributed by atoms with Gasteiger partial charge in [-0.2, -0.15) is 0 Å². The Balaban J connectivity index is 2.36. The predicted octanol–water partition coefficient (Wildman–Crippen LogP) is 4.13. The molecular weight excluding hydrogens is 382 g/mol. The van der Waals surface area contributed by atoms with Crippen molar-refractivity contribution < 1.29 is 4.79 Å². The van der Waals surface area contributed by atoms with Gasteiger partial charge in [-0.25, -0.2) is 4.98 Å². The van der Waals surface area contributed by atoms with Gasteiger partial charge in [0, 0.05) is 5.02 Å². The highest BCUT2D eigenvalue weighted by atomic mass is 35.5. The van der Waals surface area contributed by atoms with Crippen LogP contribution in [0.5, 0.6) is 0 Å². The zero-order chi connectivity index (χ0) is 19.7. The van der Waals surface area contributed by atoms with Crippen LogP contribution >= 0.6 is 23.4 Å². The molecule has 0 aliphatic carbocycles. The molecule has 5 nitrogen and oxygen atoms in total. The number of primary amides is 1. The van der Waals surface area contributed by atoms with Crippen LogP contribution in [-0.2, 0) is 4.79 Å². The van der Waals surface area contributed by atoms with E-state index in [0.717, 1.165) is 23.0 Å². The van der Waals surface area contributed by atoms with E-state index in [4.69, 9.17) is 17.3 Å². The number of nitrogens with zero attached hydrogens (tertiary/aromatic N) is 2. The zero-order valence-electron chi connectivity index (χ0n) is 15.3. The molecule has 1 amide bonds. The topological polar surface area (TPSA) is 78.0 Å². The van der Waals surface area contributed by atoms with Crippen LogP contribution in [0.25, 0.3) is 16.6 Å². The van der Waals surface area contributed by atoms with Gasteiger partial charge in [-0.15, -0.1) is 0 Å². The summed E-state index contributed by atoms with van der Waals surface area (Å²) in [4.78, 5) is 29.6. The summed E-state index contributed by atoms with van der Waals surface area (Å²) in [7, 11) is 0. The van der Waals surface area contributed by atoms with E-state index in [1.807, 2.05) is 24.3 Å². The second-order valence-corrected chi connectivity index (χ2v) is 8.32. The van der Waals surface area contributed by atoms with Gasteiger partial charge in [-0.1, -0.05) is 55.4 Å². The van der Waals surface area contributed by atoms with Crippen LogP contribution in [0.15, 0.2) is 52.4 Å². The fourth-order valence-electron chi connectivity index (χ4n) is 2.83. The summed E-state index contributed by atoms with van der Waals surface area (Å²) in [6.07, 6.45) is 0. The van der Waals surface area contributed by atoms with Gasteiger partial charge in [0.1, 0.15) is 0 Å². The molecule has 0 bridgehead atoms. The molecule has 0 saturated heterocycles. The molecule has 7 heteroatoms. The van der Waals surface area contributed by atoms with E-state index in [0.29, 0.717) is 21.1 Å². The molecule has 140 valence electrons. The van der Waals surface area contributed by atoms with Gasteiger partial charge >= 0.3 is 0 Å². The number of hydrogen-bond acceptors (Lipinski definition) is 4. The monoisotopic (exact) mass is 401 g/mol. The Hall–Kier alpha value is -2.31. The van der Waals surface area contributed by atoms with Crippen molar-refractivity contribution in [2.45, 2.75) is 37.1 Å². The number of nitrogens with two attached hydrogens (primary N) is 1. The molecule has 1 heterocycles. The van der Waals surface area contributed by atoms with Gasteiger partial charge in [0.05, 0.1) is 21.8 Å². The van der Waals surface area contributed by atoms with Gasteiger partial charge in [0.25, 0.3) is 5.56 Å². The lowest BCUT2D eigenvalue weighted by Gasteiger charge is -2.19. The third kappa shape index (κ3) is 3.87. The molecule has 0 fully saturated rings. The van der Waals surface area contributed by atoms with E-state index in [2.05, 4.69) is 18.8 Å². The summed E-state index contributed by atoms with van der Waals surface area (Å²) in [6.45, 7) is 5.83. The SMILES string of the molecule is CC(C)c1ccccc1-n1c(S[C@H](C)C(N)=O)nc2cc(Cl)ccc2c1=O. The van der Waals surface area contributed by atoms with Crippen LogP contribution in [-0.4, -0.2) is 20.7 Å². The van der Waals surface area contributed by atoms with E-state index in [1.165, 1.54) is 0 Å². The standard InChI is InChI=1S/C20H20ClN3O2S/c1-11(2)14-6-4-5-7-17(14)24-19(26)15-9-8-13(21)10-16(15)23-20(24)27-12(3)18(22)25/h4-12H,1-3H3,(H2,22,25)/t12-/m1/s1.